The zero-order valence-electron chi connectivity index (χ0n) is 10.7. The first-order chi connectivity index (χ1) is 8.54. The Morgan fingerprint density at radius 2 is 2.17 bits per heavy atom. The molecule has 0 amide bonds. The van der Waals surface area contributed by atoms with Gasteiger partial charge in [0.15, 0.2) is 5.60 Å². The topological polar surface area (TPSA) is 58.6 Å². The van der Waals surface area contributed by atoms with E-state index in [9.17, 15) is 9.90 Å². The number of aliphatic hydroxyl groups is 1. The fourth-order valence-corrected chi connectivity index (χ4v) is 2.11. The zero-order chi connectivity index (χ0) is 13.2. The Kier molecular flexibility index (Phi) is 3.68. The highest BCUT2D eigenvalue weighted by Gasteiger charge is 2.40. The average molecular weight is 249 g/mol. The van der Waals surface area contributed by atoms with Gasteiger partial charge >= 0.3 is 5.97 Å². The number of hydrogen-bond acceptors (Lipinski definition) is 4. The highest BCUT2D eigenvalue weighted by molar-refractivity contribution is 5.78. The molecule has 18 heavy (non-hydrogen) atoms. The maximum absolute atomic E-state index is 11.3. The predicted molar refractivity (Wildman–Crippen MR) is 68.2 cm³/mol. The second kappa shape index (κ2) is 5.08. The molecule has 1 aliphatic rings. The maximum Gasteiger partial charge on any atom is 0.338 e. The molecule has 0 radical (unpaired) electrons. The quantitative estimate of drug-likeness (QED) is 0.766. The lowest BCUT2D eigenvalue weighted by Crippen LogP contribution is -2.46. The number of carbonyl (C=O) groups excluding carboxylic acids is 1. The van der Waals surface area contributed by atoms with Crippen molar-refractivity contribution < 1.29 is 14.6 Å². The zero-order valence-corrected chi connectivity index (χ0v) is 10.7. The lowest BCUT2D eigenvalue weighted by atomic mass is 10.1. The molecule has 3 atom stereocenters. The van der Waals surface area contributed by atoms with Gasteiger partial charge in [0.1, 0.15) is 0 Å². The fourth-order valence-electron chi connectivity index (χ4n) is 2.11. The van der Waals surface area contributed by atoms with Crippen LogP contribution in [0.5, 0.6) is 0 Å². The summed E-state index contributed by atoms with van der Waals surface area (Å²) in [5.74, 6) is -0.119. The number of carbonyl (C=O) groups is 1. The highest BCUT2D eigenvalue weighted by Crippen LogP contribution is 2.40. The third kappa shape index (κ3) is 2.89. The molecule has 0 aliphatic heterocycles. The molecule has 1 aromatic carbocycles. The molecule has 2 N–H and O–H groups in total. The number of esters is 1. The van der Waals surface area contributed by atoms with Crippen molar-refractivity contribution in [3.05, 3.63) is 35.9 Å². The third-order valence-corrected chi connectivity index (χ3v) is 3.35. The number of nitrogens with one attached hydrogen (secondary N) is 1. The van der Waals surface area contributed by atoms with Crippen LogP contribution in [-0.2, 0) is 9.53 Å². The molecule has 2 rings (SSSR count). The van der Waals surface area contributed by atoms with Crippen LogP contribution in [0.1, 0.15) is 24.8 Å². The van der Waals surface area contributed by atoms with Gasteiger partial charge in [-0.3, -0.25) is 0 Å². The summed E-state index contributed by atoms with van der Waals surface area (Å²) in [6.07, 6.45) is 1.04. The van der Waals surface area contributed by atoms with Gasteiger partial charge < -0.3 is 15.2 Å². The van der Waals surface area contributed by atoms with Crippen molar-refractivity contribution in [2.45, 2.75) is 30.9 Å². The summed E-state index contributed by atoms with van der Waals surface area (Å²) in [5, 5.41) is 13.1. The lowest BCUT2D eigenvalue weighted by Gasteiger charge is -2.20. The van der Waals surface area contributed by atoms with Crippen LogP contribution < -0.4 is 5.32 Å². The normalized spacial score (nSPS) is 25.3. The van der Waals surface area contributed by atoms with Crippen LogP contribution in [0.25, 0.3) is 0 Å². The van der Waals surface area contributed by atoms with Crippen molar-refractivity contribution in [2.75, 3.05) is 13.7 Å². The Morgan fingerprint density at radius 1 is 1.50 bits per heavy atom. The number of hydrogen-bond donors (Lipinski definition) is 2. The van der Waals surface area contributed by atoms with Crippen molar-refractivity contribution >= 4 is 5.97 Å². The molecule has 0 bridgehead atoms. The van der Waals surface area contributed by atoms with Gasteiger partial charge in [0.05, 0.1) is 7.11 Å². The first-order valence-corrected chi connectivity index (χ1v) is 6.14. The van der Waals surface area contributed by atoms with Crippen LogP contribution in [0.4, 0.5) is 0 Å². The van der Waals surface area contributed by atoms with Crippen LogP contribution in [-0.4, -0.2) is 36.4 Å². The minimum atomic E-state index is -1.46. The van der Waals surface area contributed by atoms with Crippen LogP contribution in [0, 0.1) is 0 Å². The molecule has 0 spiro atoms. The Balaban J connectivity index is 1.82. The Morgan fingerprint density at radius 3 is 2.78 bits per heavy atom. The summed E-state index contributed by atoms with van der Waals surface area (Å²) >= 11 is 0. The molecule has 0 heterocycles. The second-order valence-corrected chi connectivity index (χ2v) is 5.01. The second-order valence-electron chi connectivity index (χ2n) is 5.01. The van der Waals surface area contributed by atoms with Gasteiger partial charge in [-0.1, -0.05) is 30.3 Å². The van der Waals surface area contributed by atoms with E-state index in [0.29, 0.717) is 12.0 Å². The largest absolute Gasteiger partial charge is 0.467 e. The standard InChI is InChI=1S/C14H19NO3/c1-14(17,13(16)18-2)9-15-12-8-11(12)10-6-4-3-5-7-10/h3-7,11-12,15,17H,8-9H2,1-2H3. The van der Waals surface area contributed by atoms with E-state index in [-0.39, 0.29) is 6.54 Å². The van der Waals surface area contributed by atoms with Crippen molar-refractivity contribution in [2.24, 2.45) is 0 Å². The first-order valence-electron chi connectivity index (χ1n) is 6.14. The number of methoxy groups -OCH3 is 1. The van der Waals surface area contributed by atoms with Gasteiger partial charge in [-0.2, -0.15) is 0 Å². The summed E-state index contributed by atoms with van der Waals surface area (Å²) in [6, 6.07) is 10.6. The van der Waals surface area contributed by atoms with E-state index in [2.05, 4.69) is 22.2 Å². The minimum absolute atomic E-state index is 0.216. The van der Waals surface area contributed by atoms with Gasteiger partial charge in [-0.05, 0) is 18.9 Å². The fraction of sp³-hybridized carbons (Fsp3) is 0.500. The Labute approximate surface area is 107 Å². The van der Waals surface area contributed by atoms with E-state index in [1.54, 1.807) is 0 Å². The molecule has 1 saturated carbocycles. The first kappa shape index (κ1) is 13.1. The summed E-state index contributed by atoms with van der Waals surface area (Å²) in [7, 11) is 1.28. The molecule has 1 aromatic rings. The predicted octanol–water partition coefficient (Wildman–Crippen LogP) is 1.06. The van der Waals surface area contributed by atoms with Crippen molar-refractivity contribution in [1.82, 2.24) is 5.32 Å². The van der Waals surface area contributed by atoms with Crippen LogP contribution in [0.2, 0.25) is 0 Å². The molecular weight excluding hydrogens is 230 g/mol. The van der Waals surface area contributed by atoms with E-state index in [1.807, 2.05) is 18.2 Å². The Bertz CT molecular complexity index is 416. The molecule has 0 aromatic heterocycles. The van der Waals surface area contributed by atoms with Crippen LogP contribution in [0.3, 0.4) is 0 Å². The van der Waals surface area contributed by atoms with E-state index < -0.39 is 11.6 Å². The van der Waals surface area contributed by atoms with Crippen LogP contribution >= 0.6 is 0 Å². The SMILES string of the molecule is COC(=O)C(C)(O)CNC1CC1c1ccccc1. The van der Waals surface area contributed by atoms with E-state index >= 15 is 0 Å². The molecule has 3 unspecified atom stereocenters. The van der Waals surface area contributed by atoms with E-state index in [0.717, 1.165) is 6.42 Å². The van der Waals surface area contributed by atoms with Crippen molar-refractivity contribution in [1.29, 1.82) is 0 Å². The van der Waals surface area contributed by atoms with Gasteiger partial charge in [-0.25, -0.2) is 4.79 Å². The third-order valence-electron chi connectivity index (χ3n) is 3.35. The Hall–Kier alpha value is -1.39. The molecule has 4 nitrogen and oxygen atoms in total. The van der Waals surface area contributed by atoms with Crippen LogP contribution in [0.15, 0.2) is 30.3 Å². The van der Waals surface area contributed by atoms with Gasteiger partial charge in [0.2, 0.25) is 0 Å². The van der Waals surface area contributed by atoms with Crippen molar-refractivity contribution in [3.63, 3.8) is 0 Å². The summed E-state index contributed by atoms with van der Waals surface area (Å²) in [6.45, 7) is 1.68. The van der Waals surface area contributed by atoms with E-state index in [1.165, 1.54) is 19.6 Å². The smallest absolute Gasteiger partial charge is 0.338 e. The molecule has 0 saturated heterocycles. The monoisotopic (exact) mass is 249 g/mol. The average Bonchev–Trinajstić information content (AvgIpc) is 3.16. The number of ether oxygens (including phenoxy) is 1. The van der Waals surface area contributed by atoms with Gasteiger partial charge in [0, 0.05) is 18.5 Å². The van der Waals surface area contributed by atoms with Gasteiger partial charge in [-0.15, -0.1) is 0 Å². The molecule has 4 heteroatoms. The molecule has 1 aliphatic carbocycles. The maximum atomic E-state index is 11.3. The summed E-state index contributed by atoms with van der Waals surface area (Å²) in [5.41, 5.74) is -0.161. The number of benzene rings is 1. The molecule has 98 valence electrons. The summed E-state index contributed by atoms with van der Waals surface area (Å²) < 4.78 is 4.55. The molecular formula is C14H19NO3. The molecule has 1 fully saturated rings. The van der Waals surface area contributed by atoms with Gasteiger partial charge in [0.25, 0.3) is 0 Å². The minimum Gasteiger partial charge on any atom is -0.467 e. The summed E-state index contributed by atoms with van der Waals surface area (Å²) in [4.78, 5) is 11.3. The highest BCUT2D eigenvalue weighted by atomic mass is 16.5. The lowest BCUT2D eigenvalue weighted by molar-refractivity contribution is -0.159. The van der Waals surface area contributed by atoms with Crippen molar-refractivity contribution in [3.8, 4) is 0 Å². The number of rotatable bonds is 5. The van der Waals surface area contributed by atoms with E-state index in [4.69, 9.17) is 0 Å².